The van der Waals surface area contributed by atoms with Crippen LogP contribution in [-0.4, -0.2) is 5.88 Å². The number of hydrogen-bond acceptors (Lipinski definition) is 0. The van der Waals surface area contributed by atoms with Gasteiger partial charge in [0.2, 0.25) is 0 Å². The van der Waals surface area contributed by atoms with Gasteiger partial charge in [-0.25, -0.2) is 4.39 Å². The first kappa shape index (κ1) is 12.7. The van der Waals surface area contributed by atoms with Crippen molar-refractivity contribution in [2.24, 2.45) is 5.92 Å². The van der Waals surface area contributed by atoms with E-state index in [0.717, 1.165) is 11.1 Å². The van der Waals surface area contributed by atoms with E-state index in [1.54, 1.807) is 12.1 Å². The van der Waals surface area contributed by atoms with Crippen molar-refractivity contribution in [3.05, 3.63) is 39.6 Å². The van der Waals surface area contributed by atoms with Gasteiger partial charge in [-0.2, -0.15) is 0 Å². The maximum absolute atomic E-state index is 13.0. The van der Waals surface area contributed by atoms with Crippen molar-refractivity contribution in [3.63, 3.8) is 0 Å². The van der Waals surface area contributed by atoms with Gasteiger partial charge in [0.25, 0.3) is 0 Å². The Hall–Kier alpha value is -0.340. The zero-order valence-corrected chi connectivity index (χ0v) is 11.1. The molecule has 0 spiro atoms. The summed E-state index contributed by atoms with van der Waals surface area (Å²) in [5, 5.41) is 0. The standard InChI is InChI=1S/C12H13BrClF/c1-8(2)10(7-14)5-9-3-4-12(15)11(13)6-9/h3-6,8H,7H2,1-2H3/b10-5+. The van der Waals surface area contributed by atoms with Crippen LogP contribution in [0, 0.1) is 11.7 Å². The summed E-state index contributed by atoms with van der Waals surface area (Å²) in [5.74, 6) is 0.669. The summed E-state index contributed by atoms with van der Waals surface area (Å²) in [6.45, 7) is 4.18. The summed E-state index contributed by atoms with van der Waals surface area (Å²) < 4.78 is 13.5. The molecule has 0 aliphatic carbocycles. The van der Waals surface area contributed by atoms with Gasteiger partial charge in [-0.05, 0) is 39.5 Å². The first-order valence-electron chi connectivity index (χ1n) is 4.76. The number of allylic oxidation sites excluding steroid dienone is 1. The second-order valence-corrected chi connectivity index (χ2v) is 4.80. The largest absolute Gasteiger partial charge is 0.206 e. The summed E-state index contributed by atoms with van der Waals surface area (Å²) in [4.78, 5) is 0. The van der Waals surface area contributed by atoms with E-state index in [1.807, 2.05) is 6.08 Å². The Morgan fingerprint density at radius 1 is 1.53 bits per heavy atom. The molecule has 1 aromatic carbocycles. The van der Waals surface area contributed by atoms with E-state index in [2.05, 4.69) is 29.8 Å². The molecule has 0 unspecified atom stereocenters. The lowest BCUT2D eigenvalue weighted by Gasteiger charge is -2.07. The van der Waals surface area contributed by atoms with Gasteiger partial charge in [-0.3, -0.25) is 0 Å². The highest BCUT2D eigenvalue weighted by Gasteiger charge is 2.03. The minimum Gasteiger partial charge on any atom is -0.206 e. The second-order valence-electron chi connectivity index (χ2n) is 3.68. The molecule has 0 heterocycles. The zero-order chi connectivity index (χ0) is 11.4. The third-order valence-electron chi connectivity index (χ3n) is 2.19. The second kappa shape index (κ2) is 5.66. The molecule has 0 nitrogen and oxygen atoms in total. The van der Waals surface area contributed by atoms with Crippen LogP contribution in [0.2, 0.25) is 0 Å². The molecule has 0 bridgehead atoms. The zero-order valence-electron chi connectivity index (χ0n) is 8.73. The molecule has 0 radical (unpaired) electrons. The first-order chi connectivity index (χ1) is 7.04. The highest BCUT2D eigenvalue weighted by atomic mass is 79.9. The molecule has 82 valence electrons. The van der Waals surface area contributed by atoms with Gasteiger partial charge >= 0.3 is 0 Å². The van der Waals surface area contributed by atoms with E-state index in [0.29, 0.717) is 16.3 Å². The monoisotopic (exact) mass is 290 g/mol. The maximum Gasteiger partial charge on any atom is 0.137 e. The van der Waals surface area contributed by atoms with E-state index in [-0.39, 0.29) is 5.82 Å². The Morgan fingerprint density at radius 3 is 2.67 bits per heavy atom. The number of halogens is 3. The van der Waals surface area contributed by atoms with E-state index in [9.17, 15) is 4.39 Å². The minimum atomic E-state index is -0.246. The Kier molecular flexibility index (Phi) is 4.81. The molecule has 0 N–H and O–H groups in total. The normalized spacial score (nSPS) is 12.3. The summed E-state index contributed by atoms with van der Waals surface area (Å²) >= 11 is 8.99. The van der Waals surface area contributed by atoms with Crippen molar-refractivity contribution in [3.8, 4) is 0 Å². The maximum atomic E-state index is 13.0. The van der Waals surface area contributed by atoms with Crippen LogP contribution in [0.15, 0.2) is 28.2 Å². The molecule has 0 fully saturated rings. The van der Waals surface area contributed by atoms with Crippen LogP contribution in [0.25, 0.3) is 6.08 Å². The van der Waals surface area contributed by atoms with Crippen LogP contribution in [0.1, 0.15) is 19.4 Å². The predicted molar refractivity (Wildman–Crippen MR) is 67.6 cm³/mol. The fraction of sp³-hybridized carbons (Fsp3) is 0.333. The van der Waals surface area contributed by atoms with Gasteiger partial charge in [0.1, 0.15) is 5.82 Å². The van der Waals surface area contributed by atoms with Gasteiger partial charge in [-0.1, -0.05) is 31.6 Å². The Bertz CT molecular complexity index is 372. The Morgan fingerprint density at radius 2 is 2.20 bits per heavy atom. The van der Waals surface area contributed by atoms with Crippen LogP contribution in [-0.2, 0) is 0 Å². The Balaban J connectivity index is 3.01. The van der Waals surface area contributed by atoms with Crippen LogP contribution >= 0.6 is 27.5 Å². The molecule has 0 amide bonds. The average molecular weight is 292 g/mol. The summed E-state index contributed by atoms with van der Waals surface area (Å²) in [6.07, 6.45) is 2.00. The van der Waals surface area contributed by atoms with Crippen LogP contribution in [0.3, 0.4) is 0 Å². The fourth-order valence-corrected chi connectivity index (χ4v) is 1.96. The fourth-order valence-electron chi connectivity index (χ4n) is 1.18. The molecule has 0 atom stereocenters. The lowest BCUT2D eigenvalue weighted by molar-refractivity contribution is 0.621. The number of hydrogen-bond donors (Lipinski definition) is 0. The van der Waals surface area contributed by atoms with Gasteiger partial charge < -0.3 is 0 Å². The van der Waals surface area contributed by atoms with E-state index >= 15 is 0 Å². The highest BCUT2D eigenvalue weighted by molar-refractivity contribution is 9.10. The van der Waals surface area contributed by atoms with Crippen molar-refractivity contribution in [1.29, 1.82) is 0 Å². The quantitative estimate of drug-likeness (QED) is 0.697. The molecule has 3 heteroatoms. The summed E-state index contributed by atoms with van der Waals surface area (Å²) in [7, 11) is 0. The van der Waals surface area contributed by atoms with Crippen LogP contribution < -0.4 is 0 Å². The molecule has 0 aromatic heterocycles. The lowest BCUT2D eigenvalue weighted by Crippen LogP contribution is -1.95. The number of rotatable bonds is 3. The third kappa shape index (κ3) is 3.62. The van der Waals surface area contributed by atoms with Crippen LogP contribution in [0.5, 0.6) is 0 Å². The molecule has 0 saturated carbocycles. The molecule has 15 heavy (non-hydrogen) atoms. The molecule has 1 aromatic rings. The molecular formula is C12H13BrClF. The van der Waals surface area contributed by atoms with Crippen molar-refractivity contribution >= 4 is 33.6 Å². The minimum absolute atomic E-state index is 0.246. The first-order valence-corrected chi connectivity index (χ1v) is 6.09. The van der Waals surface area contributed by atoms with Crippen molar-refractivity contribution in [2.45, 2.75) is 13.8 Å². The smallest absolute Gasteiger partial charge is 0.137 e. The average Bonchev–Trinajstić information content (AvgIpc) is 2.19. The summed E-state index contributed by atoms with van der Waals surface area (Å²) in [6, 6.07) is 4.95. The number of benzene rings is 1. The molecular weight excluding hydrogens is 278 g/mol. The predicted octanol–water partition coefficient (Wildman–Crippen LogP) is 4.87. The van der Waals surface area contributed by atoms with Gasteiger partial charge in [-0.15, -0.1) is 11.6 Å². The van der Waals surface area contributed by atoms with Gasteiger partial charge in [0, 0.05) is 5.88 Å². The Labute approximate surface area is 103 Å². The topological polar surface area (TPSA) is 0 Å². The van der Waals surface area contributed by atoms with Crippen molar-refractivity contribution in [2.75, 3.05) is 5.88 Å². The molecule has 0 aliphatic heterocycles. The van der Waals surface area contributed by atoms with Crippen molar-refractivity contribution < 1.29 is 4.39 Å². The van der Waals surface area contributed by atoms with E-state index in [4.69, 9.17) is 11.6 Å². The number of alkyl halides is 1. The third-order valence-corrected chi connectivity index (χ3v) is 3.11. The molecule has 0 saturated heterocycles. The SMILES string of the molecule is CC(C)/C(=C/c1ccc(F)c(Br)c1)CCl. The lowest BCUT2D eigenvalue weighted by atomic mass is 10.0. The van der Waals surface area contributed by atoms with Gasteiger partial charge in [0.15, 0.2) is 0 Å². The van der Waals surface area contributed by atoms with E-state index < -0.39 is 0 Å². The molecule has 1 rings (SSSR count). The van der Waals surface area contributed by atoms with Gasteiger partial charge in [0.05, 0.1) is 4.47 Å². The highest BCUT2D eigenvalue weighted by Crippen LogP contribution is 2.21. The summed E-state index contributed by atoms with van der Waals surface area (Å²) in [5.41, 5.74) is 2.11. The van der Waals surface area contributed by atoms with Crippen molar-refractivity contribution in [1.82, 2.24) is 0 Å². The van der Waals surface area contributed by atoms with Crippen LogP contribution in [0.4, 0.5) is 4.39 Å². The molecule has 0 aliphatic rings. The van der Waals surface area contributed by atoms with E-state index in [1.165, 1.54) is 6.07 Å².